The lowest BCUT2D eigenvalue weighted by molar-refractivity contribution is 0.746. The van der Waals surface area contributed by atoms with Gasteiger partial charge in [-0.2, -0.15) is 0 Å². The number of pyridine rings is 1. The molecule has 26 heavy (non-hydrogen) atoms. The van der Waals surface area contributed by atoms with Gasteiger partial charge in [0, 0.05) is 29.4 Å². The normalized spacial score (nSPS) is 11.1. The van der Waals surface area contributed by atoms with E-state index in [1.54, 1.807) is 0 Å². The molecule has 0 amide bonds. The lowest BCUT2D eigenvalue weighted by Crippen LogP contribution is -2.25. The van der Waals surface area contributed by atoms with Crippen molar-refractivity contribution in [3.05, 3.63) is 59.3 Å². The number of fused-ring (bicyclic) bond motifs is 1. The number of nitrogens with zero attached hydrogens (tertiary/aromatic N) is 2. The predicted octanol–water partition coefficient (Wildman–Crippen LogP) is 6.45. The molecule has 0 N–H and O–H groups in total. The van der Waals surface area contributed by atoms with E-state index in [1.807, 2.05) is 0 Å². The smallest absolute Gasteiger partial charge is 0.0787 e. The zero-order valence-electron chi connectivity index (χ0n) is 16.8. The van der Waals surface area contributed by atoms with Crippen LogP contribution in [0.25, 0.3) is 22.0 Å². The highest BCUT2D eigenvalue weighted by Crippen LogP contribution is 2.36. The van der Waals surface area contributed by atoms with Crippen molar-refractivity contribution in [3.63, 3.8) is 0 Å². The largest absolute Gasteiger partial charge is 0.370 e. The molecule has 136 valence electrons. The average molecular weight is 347 g/mol. The van der Waals surface area contributed by atoms with Crippen molar-refractivity contribution < 1.29 is 0 Å². The van der Waals surface area contributed by atoms with E-state index in [-0.39, 0.29) is 0 Å². The van der Waals surface area contributed by atoms with Crippen LogP contribution in [0.1, 0.15) is 43.4 Å². The Kier molecular flexibility index (Phi) is 5.61. The first-order chi connectivity index (χ1) is 12.6. The fourth-order valence-electron chi connectivity index (χ4n) is 4.08. The summed E-state index contributed by atoms with van der Waals surface area (Å²) in [6, 6.07) is 13.2. The highest BCUT2D eigenvalue weighted by Gasteiger charge is 2.16. The van der Waals surface area contributed by atoms with Crippen LogP contribution >= 0.6 is 0 Å². The van der Waals surface area contributed by atoms with Gasteiger partial charge in [-0.1, -0.05) is 55.8 Å². The molecule has 3 rings (SSSR count). The highest BCUT2D eigenvalue weighted by atomic mass is 15.1. The molecule has 2 heteroatoms. The summed E-state index contributed by atoms with van der Waals surface area (Å²) in [6.07, 6.45) is 4.38. The second-order valence-corrected chi connectivity index (χ2v) is 7.30. The minimum absolute atomic E-state index is 1.07. The van der Waals surface area contributed by atoms with E-state index in [0.717, 1.165) is 31.6 Å². The van der Waals surface area contributed by atoms with Crippen molar-refractivity contribution in [1.29, 1.82) is 0 Å². The van der Waals surface area contributed by atoms with Gasteiger partial charge in [-0.05, 0) is 44.7 Å². The molecule has 0 fully saturated rings. The first-order valence-electron chi connectivity index (χ1n) is 9.77. The second kappa shape index (κ2) is 7.90. The second-order valence-electron chi connectivity index (χ2n) is 7.30. The zero-order chi connectivity index (χ0) is 18.7. The maximum atomic E-state index is 4.97. The molecule has 1 aromatic heterocycles. The lowest BCUT2D eigenvalue weighted by atomic mass is 9.94. The molecule has 1 heterocycles. The Morgan fingerprint density at radius 1 is 0.846 bits per heavy atom. The Balaban J connectivity index is 2.24. The fraction of sp³-hybridized carbons (Fsp3) is 0.375. The van der Waals surface area contributed by atoms with Crippen LogP contribution in [0.15, 0.2) is 42.6 Å². The Morgan fingerprint density at radius 3 is 2.00 bits per heavy atom. The van der Waals surface area contributed by atoms with Crippen molar-refractivity contribution >= 4 is 16.5 Å². The Morgan fingerprint density at radius 2 is 1.42 bits per heavy atom. The van der Waals surface area contributed by atoms with E-state index < -0.39 is 0 Å². The Hall–Kier alpha value is -2.35. The van der Waals surface area contributed by atoms with Gasteiger partial charge in [0.25, 0.3) is 0 Å². The number of anilines is 1. The van der Waals surface area contributed by atoms with E-state index in [9.17, 15) is 0 Å². The number of aromatic nitrogens is 1. The van der Waals surface area contributed by atoms with Crippen molar-refractivity contribution in [3.8, 4) is 11.3 Å². The van der Waals surface area contributed by atoms with Gasteiger partial charge in [0.2, 0.25) is 0 Å². The predicted molar refractivity (Wildman–Crippen MR) is 114 cm³/mol. The summed E-state index contributed by atoms with van der Waals surface area (Å²) in [5.74, 6) is 0. The fourth-order valence-corrected chi connectivity index (χ4v) is 4.08. The molecule has 0 aliphatic heterocycles. The number of rotatable bonds is 6. The molecule has 3 aromatic rings. The highest BCUT2D eigenvalue weighted by molar-refractivity contribution is 6.02. The van der Waals surface area contributed by atoms with Gasteiger partial charge >= 0.3 is 0 Å². The average Bonchev–Trinajstić information content (AvgIpc) is 2.61. The third-order valence-corrected chi connectivity index (χ3v) is 5.02. The summed E-state index contributed by atoms with van der Waals surface area (Å²) >= 11 is 0. The maximum Gasteiger partial charge on any atom is 0.0787 e. The van der Waals surface area contributed by atoms with Gasteiger partial charge in [-0.15, -0.1) is 0 Å². The summed E-state index contributed by atoms with van der Waals surface area (Å²) in [6.45, 7) is 13.2. The van der Waals surface area contributed by atoms with Crippen LogP contribution in [-0.4, -0.2) is 18.1 Å². The van der Waals surface area contributed by atoms with E-state index >= 15 is 0 Å². The first-order valence-corrected chi connectivity index (χ1v) is 9.77. The molecule has 0 spiro atoms. The summed E-state index contributed by atoms with van der Waals surface area (Å²) in [5, 5.41) is 2.55. The molecule has 0 aliphatic rings. The molecule has 2 aromatic carbocycles. The molecule has 0 bridgehead atoms. The van der Waals surface area contributed by atoms with E-state index in [2.05, 4.69) is 82.1 Å². The van der Waals surface area contributed by atoms with Crippen LogP contribution in [0, 0.1) is 20.8 Å². The van der Waals surface area contributed by atoms with Crippen LogP contribution in [0.3, 0.4) is 0 Å². The number of benzene rings is 2. The topological polar surface area (TPSA) is 16.1 Å². The maximum absolute atomic E-state index is 4.97. The summed E-state index contributed by atoms with van der Waals surface area (Å²) < 4.78 is 0. The molecule has 2 nitrogen and oxygen atoms in total. The lowest BCUT2D eigenvalue weighted by Gasteiger charge is -2.26. The van der Waals surface area contributed by atoms with Crippen LogP contribution in [-0.2, 0) is 0 Å². The van der Waals surface area contributed by atoms with Crippen LogP contribution < -0.4 is 4.90 Å². The number of hydrogen-bond acceptors (Lipinski definition) is 2. The van der Waals surface area contributed by atoms with E-state index in [1.165, 1.54) is 38.7 Å². The van der Waals surface area contributed by atoms with E-state index in [0.29, 0.717) is 0 Å². The SMILES string of the molecule is CCCN(CCC)c1cnc(-c2c(C)cc(C)cc2C)c2ccccc12. The van der Waals surface area contributed by atoms with Gasteiger partial charge in [0.1, 0.15) is 0 Å². The van der Waals surface area contributed by atoms with Crippen LogP contribution in [0.4, 0.5) is 5.69 Å². The van der Waals surface area contributed by atoms with Crippen molar-refractivity contribution in [1.82, 2.24) is 4.98 Å². The molecular weight excluding hydrogens is 316 g/mol. The Bertz CT molecular complexity index is 882. The van der Waals surface area contributed by atoms with Crippen LogP contribution in [0.5, 0.6) is 0 Å². The summed E-state index contributed by atoms with van der Waals surface area (Å²) in [5.41, 5.74) is 7.54. The third kappa shape index (κ3) is 3.46. The quantitative estimate of drug-likeness (QED) is 0.509. The minimum atomic E-state index is 1.07. The minimum Gasteiger partial charge on any atom is -0.370 e. The van der Waals surface area contributed by atoms with Gasteiger partial charge in [0.15, 0.2) is 0 Å². The first kappa shape index (κ1) is 18.4. The van der Waals surface area contributed by atoms with Crippen LogP contribution in [0.2, 0.25) is 0 Å². The van der Waals surface area contributed by atoms with Crippen molar-refractivity contribution in [2.24, 2.45) is 0 Å². The van der Waals surface area contributed by atoms with Gasteiger partial charge in [-0.3, -0.25) is 4.98 Å². The number of aryl methyl sites for hydroxylation is 3. The molecular formula is C24H30N2. The standard InChI is InChI=1S/C24H30N2/c1-6-12-26(13-7-2)22-16-25-24(21-11-9-8-10-20(21)22)23-18(4)14-17(3)15-19(23)5/h8-11,14-16H,6-7,12-13H2,1-5H3. The number of hydrogen-bond donors (Lipinski definition) is 0. The van der Waals surface area contributed by atoms with Gasteiger partial charge in [-0.25, -0.2) is 0 Å². The monoisotopic (exact) mass is 346 g/mol. The molecule has 0 aliphatic carbocycles. The molecule has 0 unspecified atom stereocenters. The molecule has 0 saturated heterocycles. The summed E-state index contributed by atoms with van der Waals surface area (Å²) in [4.78, 5) is 7.45. The molecule has 0 saturated carbocycles. The molecule has 0 radical (unpaired) electrons. The van der Waals surface area contributed by atoms with Gasteiger partial charge in [0.05, 0.1) is 17.6 Å². The molecule has 0 atom stereocenters. The third-order valence-electron chi connectivity index (χ3n) is 5.02. The van der Waals surface area contributed by atoms with Crippen molar-refractivity contribution in [2.75, 3.05) is 18.0 Å². The van der Waals surface area contributed by atoms with Gasteiger partial charge < -0.3 is 4.90 Å². The Labute approximate surface area is 157 Å². The van der Waals surface area contributed by atoms with E-state index in [4.69, 9.17) is 4.98 Å². The zero-order valence-corrected chi connectivity index (χ0v) is 16.8. The summed E-state index contributed by atoms with van der Waals surface area (Å²) in [7, 11) is 0. The van der Waals surface area contributed by atoms with Crippen molar-refractivity contribution in [2.45, 2.75) is 47.5 Å².